The van der Waals surface area contributed by atoms with Gasteiger partial charge in [-0.25, -0.2) is 4.39 Å². The van der Waals surface area contributed by atoms with Crippen molar-refractivity contribution < 1.29 is 28.2 Å². The molecule has 0 aromatic heterocycles. The lowest BCUT2D eigenvalue weighted by Gasteiger charge is -2.43. The van der Waals surface area contributed by atoms with Crippen LogP contribution in [0.2, 0.25) is 0 Å². The highest BCUT2D eigenvalue weighted by atomic mass is 19.1. The summed E-state index contributed by atoms with van der Waals surface area (Å²) in [7, 11) is 6.35. The maximum atomic E-state index is 14.4. The van der Waals surface area contributed by atoms with Crippen molar-refractivity contribution in [3.63, 3.8) is 0 Å². The number of hydrogen-bond donors (Lipinski definition) is 0. The number of nitrogens with zero attached hydrogens (tertiary/aromatic N) is 3. The first-order valence-corrected chi connectivity index (χ1v) is 12.8. The van der Waals surface area contributed by atoms with Crippen LogP contribution < -0.4 is 19.1 Å². The summed E-state index contributed by atoms with van der Waals surface area (Å²) in [4.78, 5) is 33.3. The summed E-state index contributed by atoms with van der Waals surface area (Å²) >= 11 is 0. The largest absolute Gasteiger partial charge is 0.497 e. The maximum Gasteiger partial charge on any atom is 0.254 e. The second-order valence-electron chi connectivity index (χ2n) is 9.67. The van der Waals surface area contributed by atoms with E-state index in [4.69, 9.17) is 14.2 Å². The van der Waals surface area contributed by atoms with Gasteiger partial charge in [0, 0.05) is 38.8 Å². The van der Waals surface area contributed by atoms with Crippen molar-refractivity contribution in [2.45, 2.75) is 12.0 Å². The Hall–Kier alpha value is -4.27. The number of amides is 2. The number of hydrogen-bond acceptors (Lipinski definition) is 6. The van der Waals surface area contributed by atoms with E-state index in [1.54, 1.807) is 43.3 Å². The maximum absolute atomic E-state index is 14.4. The fourth-order valence-corrected chi connectivity index (χ4v) is 5.61. The Bertz CT molecular complexity index is 1370. The highest BCUT2D eigenvalue weighted by Crippen LogP contribution is 2.46. The summed E-state index contributed by atoms with van der Waals surface area (Å²) in [5.41, 5.74) is 2.35. The minimum absolute atomic E-state index is 0.100. The minimum Gasteiger partial charge on any atom is -0.497 e. The summed E-state index contributed by atoms with van der Waals surface area (Å²) in [6.07, 6.45) is 0. The number of carbonyl (C=O) groups excluding carboxylic acids is 2. The molecule has 0 radical (unpaired) electrons. The molecule has 2 aliphatic rings. The Morgan fingerprint density at radius 1 is 0.872 bits per heavy atom. The zero-order chi connectivity index (χ0) is 27.7. The number of likely N-dealkylation sites (N-methyl/N-ethyl adjacent to an activating group) is 1. The summed E-state index contributed by atoms with van der Waals surface area (Å²) in [5, 5.41) is 0. The summed E-state index contributed by atoms with van der Waals surface area (Å²) in [6, 6.07) is 16.9. The van der Waals surface area contributed by atoms with Gasteiger partial charge in [-0.15, -0.1) is 0 Å². The standard InChI is InChI=1S/C30H32FN3O5/c1-32-28(19-9-11-20(37-2)12-10-19)27(21-17-25(38-3)26(39-4)18-22(21)29(32)35)30(36)34-15-13-33(14-16-34)24-8-6-5-7-23(24)31/h5-12,17-18,27-28H,13-16H2,1-4H3/t27-,28+/m0/s1. The van der Waals surface area contributed by atoms with Crippen LogP contribution in [0.25, 0.3) is 0 Å². The molecule has 0 bridgehead atoms. The second-order valence-corrected chi connectivity index (χ2v) is 9.67. The Morgan fingerprint density at radius 2 is 1.51 bits per heavy atom. The van der Waals surface area contributed by atoms with E-state index < -0.39 is 12.0 Å². The fourth-order valence-electron chi connectivity index (χ4n) is 5.61. The third kappa shape index (κ3) is 4.73. The minimum atomic E-state index is -0.684. The summed E-state index contributed by atoms with van der Waals surface area (Å²) in [6.45, 7) is 1.86. The lowest BCUT2D eigenvalue weighted by atomic mass is 9.78. The molecule has 3 aromatic carbocycles. The zero-order valence-electron chi connectivity index (χ0n) is 22.5. The van der Waals surface area contributed by atoms with Crippen molar-refractivity contribution in [3.05, 3.63) is 83.2 Å². The third-order valence-corrected chi connectivity index (χ3v) is 7.68. The van der Waals surface area contributed by atoms with Crippen LogP contribution in [0, 0.1) is 5.82 Å². The smallest absolute Gasteiger partial charge is 0.254 e. The Morgan fingerprint density at radius 3 is 2.13 bits per heavy atom. The molecule has 0 unspecified atom stereocenters. The van der Waals surface area contributed by atoms with Gasteiger partial charge in [-0.05, 0) is 47.5 Å². The van der Waals surface area contributed by atoms with E-state index in [9.17, 15) is 14.0 Å². The first-order valence-electron chi connectivity index (χ1n) is 12.8. The van der Waals surface area contributed by atoms with Gasteiger partial charge in [-0.2, -0.15) is 0 Å². The molecule has 9 heteroatoms. The molecule has 2 atom stereocenters. The Labute approximate surface area is 227 Å². The van der Waals surface area contributed by atoms with Crippen molar-refractivity contribution in [1.82, 2.24) is 9.80 Å². The molecule has 0 aliphatic carbocycles. The molecular formula is C30H32FN3O5. The van der Waals surface area contributed by atoms with Gasteiger partial charge in [-0.1, -0.05) is 24.3 Å². The third-order valence-electron chi connectivity index (χ3n) is 7.68. The molecule has 1 fully saturated rings. The van der Waals surface area contributed by atoms with E-state index in [-0.39, 0.29) is 17.6 Å². The molecule has 2 amide bonds. The van der Waals surface area contributed by atoms with Gasteiger partial charge >= 0.3 is 0 Å². The van der Waals surface area contributed by atoms with Gasteiger partial charge in [0.15, 0.2) is 11.5 Å². The van der Waals surface area contributed by atoms with Gasteiger partial charge in [0.25, 0.3) is 5.91 Å². The summed E-state index contributed by atoms with van der Waals surface area (Å²) < 4.78 is 30.7. The molecular weight excluding hydrogens is 501 g/mol. The predicted molar refractivity (Wildman–Crippen MR) is 145 cm³/mol. The van der Waals surface area contributed by atoms with Gasteiger partial charge in [0.1, 0.15) is 11.6 Å². The van der Waals surface area contributed by atoms with E-state index in [1.165, 1.54) is 20.3 Å². The number of halogens is 1. The molecule has 8 nitrogen and oxygen atoms in total. The SMILES string of the molecule is COc1ccc([C@@H]2[C@@H](C(=O)N3CCN(c4ccccc4F)CC3)c3cc(OC)c(OC)cc3C(=O)N2C)cc1. The first-order chi connectivity index (χ1) is 18.9. The van der Waals surface area contributed by atoms with E-state index in [2.05, 4.69) is 0 Å². The van der Waals surface area contributed by atoms with Crippen LogP contribution in [0.15, 0.2) is 60.7 Å². The van der Waals surface area contributed by atoms with Crippen LogP contribution in [0.4, 0.5) is 10.1 Å². The van der Waals surface area contributed by atoms with Crippen LogP contribution >= 0.6 is 0 Å². The van der Waals surface area contributed by atoms with Crippen molar-refractivity contribution in [2.24, 2.45) is 0 Å². The van der Waals surface area contributed by atoms with Crippen molar-refractivity contribution in [1.29, 1.82) is 0 Å². The number of anilines is 1. The molecule has 204 valence electrons. The van der Waals surface area contributed by atoms with Crippen molar-refractivity contribution >= 4 is 17.5 Å². The number of rotatable bonds is 6. The van der Waals surface area contributed by atoms with Crippen LogP contribution in [-0.2, 0) is 4.79 Å². The van der Waals surface area contributed by atoms with Crippen molar-refractivity contribution in [3.8, 4) is 17.2 Å². The molecule has 0 saturated carbocycles. The van der Waals surface area contributed by atoms with Crippen LogP contribution in [0.5, 0.6) is 17.2 Å². The van der Waals surface area contributed by atoms with Gasteiger partial charge in [-0.3, -0.25) is 9.59 Å². The molecule has 2 aliphatic heterocycles. The number of fused-ring (bicyclic) bond motifs is 1. The Balaban J connectivity index is 1.53. The van der Waals surface area contributed by atoms with E-state index in [0.29, 0.717) is 60.2 Å². The highest BCUT2D eigenvalue weighted by molar-refractivity contribution is 6.02. The monoisotopic (exact) mass is 533 g/mol. The Kier molecular flexibility index (Phi) is 7.32. The summed E-state index contributed by atoms with van der Waals surface area (Å²) in [5.74, 6) is 0.282. The van der Waals surface area contributed by atoms with Crippen LogP contribution in [0.1, 0.15) is 33.4 Å². The molecule has 39 heavy (non-hydrogen) atoms. The van der Waals surface area contributed by atoms with Gasteiger partial charge in [0.05, 0.1) is 39.0 Å². The fraction of sp³-hybridized carbons (Fsp3) is 0.333. The number of para-hydroxylation sites is 1. The lowest BCUT2D eigenvalue weighted by Crippen LogP contribution is -2.53. The molecule has 5 rings (SSSR count). The van der Waals surface area contributed by atoms with E-state index in [1.807, 2.05) is 40.1 Å². The molecule has 0 N–H and O–H groups in total. The number of carbonyl (C=O) groups is 2. The topological polar surface area (TPSA) is 71.5 Å². The van der Waals surface area contributed by atoms with Crippen LogP contribution in [0.3, 0.4) is 0 Å². The average molecular weight is 534 g/mol. The number of benzene rings is 3. The van der Waals surface area contributed by atoms with E-state index >= 15 is 0 Å². The number of ether oxygens (including phenoxy) is 3. The first kappa shape index (κ1) is 26.3. The van der Waals surface area contributed by atoms with Crippen LogP contribution in [-0.4, -0.2) is 76.2 Å². The highest BCUT2D eigenvalue weighted by Gasteiger charge is 2.45. The second kappa shape index (κ2) is 10.8. The number of methoxy groups -OCH3 is 3. The average Bonchev–Trinajstić information content (AvgIpc) is 2.98. The predicted octanol–water partition coefficient (Wildman–Crippen LogP) is 4.11. The quantitative estimate of drug-likeness (QED) is 0.475. The molecule has 3 aromatic rings. The number of piperazine rings is 1. The van der Waals surface area contributed by atoms with Crippen molar-refractivity contribution in [2.75, 3.05) is 59.5 Å². The normalized spacial score (nSPS) is 19.0. The van der Waals surface area contributed by atoms with E-state index in [0.717, 1.165) is 5.56 Å². The van der Waals surface area contributed by atoms with Gasteiger partial charge in [0.2, 0.25) is 5.91 Å². The molecule has 0 spiro atoms. The zero-order valence-corrected chi connectivity index (χ0v) is 22.5. The molecule has 2 heterocycles. The lowest BCUT2D eigenvalue weighted by molar-refractivity contribution is -0.134. The molecule has 1 saturated heterocycles. The van der Waals surface area contributed by atoms with Gasteiger partial charge < -0.3 is 28.9 Å².